The summed E-state index contributed by atoms with van der Waals surface area (Å²) in [6.45, 7) is 5.65. The van der Waals surface area contributed by atoms with Crippen LogP contribution in [0.2, 0.25) is 0 Å². The van der Waals surface area contributed by atoms with Gasteiger partial charge in [0, 0.05) is 30.1 Å². The number of benzene rings is 2. The number of urea groups is 1. The highest BCUT2D eigenvalue weighted by molar-refractivity contribution is 5.89. The number of ether oxygens (including phenoxy) is 3. The molecule has 7 nitrogen and oxygen atoms in total. The first-order valence-electron chi connectivity index (χ1n) is 10.5. The first-order chi connectivity index (χ1) is 14.6. The third-order valence-corrected chi connectivity index (χ3v) is 5.12. The minimum absolute atomic E-state index is 0.160. The SMILES string of the molecule is CCC(CC)NC(=O)Nc1ccc(Oc2ccc(NC3CCOC3)cc2)c(OC)c1. The second-order valence-corrected chi connectivity index (χ2v) is 7.31. The summed E-state index contributed by atoms with van der Waals surface area (Å²) in [5.41, 5.74) is 1.67. The number of amides is 2. The lowest BCUT2D eigenvalue weighted by Gasteiger charge is -2.16. The average Bonchev–Trinajstić information content (AvgIpc) is 3.27. The van der Waals surface area contributed by atoms with Crippen LogP contribution in [0, 0.1) is 0 Å². The van der Waals surface area contributed by atoms with Crippen molar-refractivity contribution in [2.75, 3.05) is 31.0 Å². The van der Waals surface area contributed by atoms with Crippen LogP contribution in [0.15, 0.2) is 42.5 Å². The quantitative estimate of drug-likeness (QED) is 0.539. The lowest BCUT2D eigenvalue weighted by Crippen LogP contribution is -2.37. The van der Waals surface area contributed by atoms with Gasteiger partial charge < -0.3 is 30.2 Å². The fourth-order valence-corrected chi connectivity index (χ4v) is 3.31. The predicted octanol–water partition coefficient (Wildman–Crippen LogP) is 5.00. The van der Waals surface area contributed by atoms with Crippen molar-refractivity contribution >= 4 is 17.4 Å². The molecule has 0 saturated carbocycles. The Bertz CT molecular complexity index is 816. The molecule has 0 radical (unpaired) electrons. The number of carbonyl (C=O) groups is 1. The van der Waals surface area contributed by atoms with Crippen LogP contribution in [0.25, 0.3) is 0 Å². The Labute approximate surface area is 178 Å². The minimum atomic E-state index is -0.227. The molecule has 2 amide bonds. The first kappa shape index (κ1) is 21.8. The molecule has 1 aliphatic rings. The Morgan fingerprint density at radius 2 is 1.83 bits per heavy atom. The van der Waals surface area contributed by atoms with Gasteiger partial charge in [0.2, 0.25) is 0 Å². The topological polar surface area (TPSA) is 80.9 Å². The zero-order valence-electron chi connectivity index (χ0n) is 17.9. The van der Waals surface area contributed by atoms with Crippen molar-refractivity contribution in [3.63, 3.8) is 0 Å². The summed E-state index contributed by atoms with van der Waals surface area (Å²) in [5.74, 6) is 1.82. The van der Waals surface area contributed by atoms with Gasteiger partial charge in [-0.05, 0) is 55.7 Å². The molecule has 2 aromatic carbocycles. The molecule has 1 fully saturated rings. The van der Waals surface area contributed by atoms with Crippen molar-refractivity contribution in [2.45, 2.75) is 45.2 Å². The molecule has 3 N–H and O–H groups in total. The van der Waals surface area contributed by atoms with Crippen LogP contribution in [-0.4, -0.2) is 38.4 Å². The Morgan fingerprint density at radius 3 is 2.47 bits per heavy atom. The number of methoxy groups -OCH3 is 1. The van der Waals surface area contributed by atoms with E-state index in [0.717, 1.165) is 38.2 Å². The van der Waals surface area contributed by atoms with E-state index >= 15 is 0 Å². The molecular weight excluding hydrogens is 382 g/mol. The number of hydrogen-bond acceptors (Lipinski definition) is 5. The third-order valence-electron chi connectivity index (χ3n) is 5.12. The number of rotatable bonds is 9. The van der Waals surface area contributed by atoms with E-state index in [1.807, 2.05) is 24.3 Å². The highest BCUT2D eigenvalue weighted by Crippen LogP contribution is 2.34. The van der Waals surface area contributed by atoms with Crippen LogP contribution in [-0.2, 0) is 4.74 Å². The van der Waals surface area contributed by atoms with Crippen LogP contribution in [0.5, 0.6) is 17.2 Å². The number of anilines is 2. The van der Waals surface area contributed by atoms with E-state index in [9.17, 15) is 4.79 Å². The third kappa shape index (κ3) is 6.03. The average molecular weight is 414 g/mol. The molecule has 3 rings (SSSR count). The van der Waals surface area contributed by atoms with E-state index in [0.29, 0.717) is 29.0 Å². The molecule has 0 aromatic heterocycles. The summed E-state index contributed by atoms with van der Waals surface area (Å²) >= 11 is 0. The van der Waals surface area contributed by atoms with Gasteiger partial charge in [-0.3, -0.25) is 0 Å². The molecule has 0 bridgehead atoms. The van der Waals surface area contributed by atoms with Crippen molar-refractivity contribution in [3.05, 3.63) is 42.5 Å². The molecule has 0 spiro atoms. The van der Waals surface area contributed by atoms with Crippen LogP contribution < -0.4 is 25.4 Å². The maximum atomic E-state index is 12.2. The maximum Gasteiger partial charge on any atom is 0.319 e. The molecule has 1 aliphatic heterocycles. The molecule has 162 valence electrons. The Kier molecular flexibility index (Phi) is 7.79. The zero-order valence-corrected chi connectivity index (χ0v) is 17.9. The van der Waals surface area contributed by atoms with Gasteiger partial charge >= 0.3 is 6.03 Å². The Balaban J connectivity index is 1.61. The first-order valence-corrected chi connectivity index (χ1v) is 10.5. The smallest absolute Gasteiger partial charge is 0.319 e. The van der Waals surface area contributed by atoms with Gasteiger partial charge in [0.1, 0.15) is 5.75 Å². The minimum Gasteiger partial charge on any atom is -0.493 e. The van der Waals surface area contributed by atoms with Crippen molar-refractivity contribution in [3.8, 4) is 17.2 Å². The van der Waals surface area contributed by atoms with Crippen LogP contribution in [0.3, 0.4) is 0 Å². The number of nitrogens with one attached hydrogen (secondary N) is 3. The summed E-state index contributed by atoms with van der Waals surface area (Å²) < 4.78 is 16.8. The summed E-state index contributed by atoms with van der Waals surface area (Å²) in [7, 11) is 1.58. The normalized spacial score (nSPS) is 15.7. The van der Waals surface area contributed by atoms with Crippen molar-refractivity contribution in [1.82, 2.24) is 5.32 Å². The molecule has 1 heterocycles. The standard InChI is InChI=1S/C23H31N3O4/c1-4-16(5-2)25-23(27)26-18-8-11-21(22(14-18)28-3)30-20-9-6-17(7-10-20)24-19-12-13-29-15-19/h6-11,14,16,19,24H,4-5,12-13,15H2,1-3H3,(H2,25,26,27). The molecule has 0 aliphatic carbocycles. The summed E-state index contributed by atoms with van der Waals surface area (Å²) in [5, 5.41) is 9.25. The lowest BCUT2D eigenvalue weighted by molar-refractivity contribution is 0.195. The molecule has 7 heteroatoms. The van der Waals surface area contributed by atoms with Crippen molar-refractivity contribution < 1.29 is 19.0 Å². The summed E-state index contributed by atoms with van der Waals surface area (Å²) in [6, 6.07) is 13.4. The molecule has 1 unspecified atom stereocenters. The summed E-state index contributed by atoms with van der Waals surface area (Å²) in [6.07, 6.45) is 2.80. The van der Waals surface area contributed by atoms with Gasteiger partial charge in [0.05, 0.1) is 19.8 Å². The molecule has 1 atom stereocenters. The van der Waals surface area contributed by atoms with Crippen LogP contribution >= 0.6 is 0 Å². The van der Waals surface area contributed by atoms with Gasteiger partial charge in [-0.25, -0.2) is 4.79 Å². The summed E-state index contributed by atoms with van der Waals surface area (Å²) in [4.78, 5) is 12.2. The number of hydrogen-bond donors (Lipinski definition) is 3. The molecule has 2 aromatic rings. The van der Waals surface area contributed by atoms with Gasteiger partial charge in [-0.1, -0.05) is 13.8 Å². The van der Waals surface area contributed by atoms with Gasteiger partial charge in [0.15, 0.2) is 11.5 Å². The number of carbonyl (C=O) groups excluding carboxylic acids is 1. The zero-order chi connectivity index (χ0) is 21.3. The Morgan fingerprint density at radius 1 is 1.10 bits per heavy atom. The second kappa shape index (κ2) is 10.7. The fourth-order valence-electron chi connectivity index (χ4n) is 3.31. The highest BCUT2D eigenvalue weighted by Gasteiger charge is 2.15. The second-order valence-electron chi connectivity index (χ2n) is 7.31. The lowest BCUT2D eigenvalue weighted by atomic mass is 10.2. The van der Waals surface area contributed by atoms with Crippen molar-refractivity contribution in [2.24, 2.45) is 0 Å². The Hall–Kier alpha value is -2.93. The van der Waals surface area contributed by atoms with Gasteiger partial charge in [-0.15, -0.1) is 0 Å². The van der Waals surface area contributed by atoms with E-state index in [-0.39, 0.29) is 12.1 Å². The van der Waals surface area contributed by atoms with E-state index in [1.165, 1.54) is 0 Å². The molecule has 1 saturated heterocycles. The monoisotopic (exact) mass is 413 g/mol. The van der Waals surface area contributed by atoms with E-state index in [1.54, 1.807) is 25.3 Å². The van der Waals surface area contributed by atoms with Crippen molar-refractivity contribution in [1.29, 1.82) is 0 Å². The van der Waals surface area contributed by atoms with Crippen LogP contribution in [0.1, 0.15) is 33.1 Å². The van der Waals surface area contributed by atoms with Crippen LogP contribution in [0.4, 0.5) is 16.2 Å². The highest BCUT2D eigenvalue weighted by atomic mass is 16.5. The van der Waals surface area contributed by atoms with Gasteiger partial charge in [-0.2, -0.15) is 0 Å². The molecule has 30 heavy (non-hydrogen) atoms. The van der Waals surface area contributed by atoms with E-state index in [4.69, 9.17) is 14.2 Å². The fraction of sp³-hybridized carbons (Fsp3) is 0.435. The largest absolute Gasteiger partial charge is 0.493 e. The maximum absolute atomic E-state index is 12.2. The van der Waals surface area contributed by atoms with E-state index < -0.39 is 0 Å². The molecular formula is C23H31N3O4. The predicted molar refractivity (Wildman–Crippen MR) is 119 cm³/mol. The van der Waals surface area contributed by atoms with Gasteiger partial charge in [0.25, 0.3) is 0 Å². The van der Waals surface area contributed by atoms with E-state index in [2.05, 4.69) is 29.8 Å².